The number of hydrogen-bond acceptors (Lipinski definition) is 4. The maximum atomic E-state index is 12.9. The van der Waals surface area contributed by atoms with E-state index in [0.717, 1.165) is 12.0 Å². The summed E-state index contributed by atoms with van der Waals surface area (Å²) in [4.78, 5) is 29.9. The van der Waals surface area contributed by atoms with Gasteiger partial charge in [-0.15, -0.1) is 0 Å². The third-order valence-corrected chi connectivity index (χ3v) is 5.71. The van der Waals surface area contributed by atoms with Crippen molar-refractivity contribution in [2.45, 2.75) is 38.0 Å². The monoisotopic (exact) mass is 415 g/mol. The van der Waals surface area contributed by atoms with Crippen molar-refractivity contribution in [3.8, 4) is 0 Å². The molecule has 1 atom stereocenters. The number of halogens is 1. The van der Waals surface area contributed by atoms with Gasteiger partial charge in [-0.2, -0.15) is 0 Å². The number of amides is 1. The number of benzene rings is 2. The second-order valence-corrected chi connectivity index (χ2v) is 7.92. The first-order chi connectivity index (χ1) is 13.5. The fourth-order valence-corrected chi connectivity index (χ4v) is 3.97. The van der Waals surface area contributed by atoms with Gasteiger partial charge in [0.1, 0.15) is 0 Å². The number of rotatable bonds is 7. The van der Waals surface area contributed by atoms with Gasteiger partial charge in [0, 0.05) is 17.6 Å². The number of fused-ring (bicyclic) bond motifs is 1. The van der Waals surface area contributed by atoms with Gasteiger partial charge in [0.2, 0.25) is 5.91 Å². The lowest BCUT2D eigenvalue weighted by molar-refractivity contribution is -0.118. The Morgan fingerprint density at radius 3 is 2.79 bits per heavy atom. The molecule has 2 aromatic carbocycles. The Labute approximate surface area is 173 Å². The zero-order valence-corrected chi connectivity index (χ0v) is 17.4. The van der Waals surface area contributed by atoms with Gasteiger partial charge in [0.05, 0.1) is 16.7 Å². The van der Waals surface area contributed by atoms with E-state index in [0.29, 0.717) is 27.6 Å². The summed E-state index contributed by atoms with van der Waals surface area (Å²) in [6, 6.07) is 14.7. The van der Waals surface area contributed by atoms with Gasteiger partial charge >= 0.3 is 0 Å². The van der Waals surface area contributed by atoms with Crippen LogP contribution in [0.5, 0.6) is 0 Å². The summed E-state index contributed by atoms with van der Waals surface area (Å²) in [5, 5.41) is 4.68. The first kappa shape index (κ1) is 20.4. The molecule has 7 heteroatoms. The molecule has 146 valence electrons. The molecule has 1 heterocycles. The van der Waals surface area contributed by atoms with E-state index in [4.69, 9.17) is 11.6 Å². The van der Waals surface area contributed by atoms with Crippen molar-refractivity contribution in [1.82, 2.24) is 14.9 Å². The molecule has 0 unspecified atom stereocenters. The summed E-state index contributed by atoms with van der Waals surface area (Å²) >= 11 is 7.25. The van der Waals surface area contributed by atoms with E-state index in [1.165, 1.54) is 11.8 Å². The number of hydrogen-bond donors (Lipinski definition) is 1. The molecule has 0 saturated carbocycles. The minimum Gasteiger partial charge on any atom is -0.351 e. The highest BCUT2D eigenvalue weighted by Crippen LogP contribution is 2.22. The number of carbonyl (C=O) groups excluding carboxylic acids is 1. The van der Waals surface area contributed by atoms with Crippen molar-refractivity contribution in [2.24, 2.45) is 0 Å². The Morgan fingerprint density at radius 1 is 1.25 bits per heavy atom. The van der Waals surface area contributed by atoms with Crippen molar-refractivity contribution in [3.63, 3.8) is 0 Å². The molecule has 0 aliphatic carbocycles. The standard InChI is InChI=1S/C21H22ClN3O2S/c1-3-14(2)25-20(27)17-9-4-5-10-18(17)24-21(25)28-13-19(26)23-12-15-7-6-8-16(22)11-15/h4-11,14H,3,12-13H2,1-2H3,(H,23,26)/t14-/m1/s1. The van der Waals surface area contributed by atoms with Gasteiger partial charge in [-0.3, -0.25) is 14.2 Å². The number of aromatic nitrogens is 2. The van der Waals surface area contributed by atoms with E-state index in [1.54, 1.807) is 16.7 Å². The maximum absolute atomic E-state index is 12.9. The van der Waals surface area contributed by atoms with E-state index in [2.05, 4.69) is 10.3 Å². The van der Waals surface area contributed by atoms with Crippen LogP contribution in [0.4, 0.5) is 0 Å². The Kier molecular flexibility index (Phi) is 6.75. The zero-order valence-electron chi connectivity index (χ0n) is 15.8. The highest BCUT2D eigenvalue weighted by atomic mass is 35.5. The molecule has 0 bridgehead atoms. The first-order valence-electron chi connectivity index (χ1n) is 9.14. The van der Waals surface area contributed by atoms with Gasteiger partial charge in [0.25, 0.3) is 5.56 Å². The topological polar surface area (TPSA) is 64.0 Å². The fourth-order valence-electron chi connectivity index (χ4n) is 2.83. The quantitative estimate of drug-likeness (QED) is 0.458. The van der Waals surface area contributed by atoms with E-state index >= 15 is 0 Å². The van der Waals surface area contributed by atoms with E-state index in [9.17, 15) is 9.59 Å². The van der Waals surface area contributed by atoms with Crippen molar-refractivity contribution in [1.29, 1.82) is 0 Å². The van der Waals surface area contributed by atoms with Crippen molar-refractivity contribution >= 4 is 40.2 Å². The lowest BCUT2D eigenvalue weighted by atomic mass is 10.2. The second-order valence-electron chi connectivity index (χ2n) is 6.54. The highest BCUT2D eigenvalue weighted by Gasteiger charge is 2.16. The molecule has 0 spiro atoms. The lowest BCUT2D eigenvalue weighted by Crippen LogP contribution is -2.28. The number of thioether (sulfide) groups is 1. The predicted octanol–water partition coefficient (Wildman–Crippen LogP) is 4.43. The van der Waals surface area contributed by atoms with Crippen LogP contribution in [0.3, 0.4) is 0 Å². The van der Waals surface area contributed by atoms with Crippen LogP contribution in [0.25, 0.3) is 10.9 Å². The third kappa shape index (κ3) is 4.75. The second kappa shape index (κ2) is 9.26. The summed E-state index contributed by atoms with van der Waals surface area (Å²) in [7, 11) is 0. The zero-order chi connectivity index (χ0) is 20.1. The smallest absolute Gasteiger partial charge is 0.262 e. The Bertz CT molecular complexity index is 1050. The van der Waals surface area contributed by atoms with Crippen molar-refractivity contribution in [3.05, 3.63) is 69.5 Å². The number of para-hydroxylation sites is 1. The van der Waals surface area contributed by atoms with E-state index in [1.807, 2.05) is 50.2 Å². The summed E-state index contributed by atoms with van der Waals surface area (Å²) in [5.41, 5.74) is 1.52. The van der Waals surface area contributed by atoms with Gasteiger partial charge in [-0.1, -0.05) is 54.6 Å². The van der Waals surface area contributed by atoms with Gasteiger partial charge in [-0.05, 0) is 43.2 Å². The van der Waals surface area contributed by atoms with Crippen LogP contribution in [0, 0.1) is 0 Å². The fraction of sp³-hybridized carbons (Fsp3) is 0.286. The summed E-state index contributed by atoms with van der Waals surface area (Å²) in [6.07, 6.45) is 0.800. The SMILES string of the molecule is CC[C@@H](C)n1c(SCC(=O)NCc2cccc(Cl)c2)nc2ccccc2c1=O. The van der Waals surface area contributed by atoms with Crippen LogP contribution < -0.4 is 10.9 Å². The molecule has 1 aromatic heterocycles. The molecule has 0 radical (unpaired) electrons. The molecule has 1 amide bonds. The molecule has 5 nitrogen and oxygen atoms in total. The maximum Gasteiger partial charge on any atom is 0.262 e. The summed E-state index contributed by atoms with van der Waals surface area (Å²) in [5.74, 6) is 0.0602. The largest absolute Gasteiger partial charge is 0.351 e. The molecule has 28 heavy (non-hydrogen) atoms. The lowest BCUT2D eigenvalue weighted by Gasteiger charge is -2.18. The Morgan fingerprint density at radius 2 is 2.04 bits per heavy atom. The molecule has 0 aliphatic rings. The van der Waals surface area contributed by atoms with Gasteiger partial charge < -0.3 is 5.32 Å². The van der Waals surface area contributed by atoms with E-state index in [-0.39, 0.29) is 23.3 Å². The number of nitrogens with one attached hydrogen (secondary N) is 1. The minimum atomic E-state index is -0.122. The molecule has 1 N–H and O–H groups in total. The molecule has 3 rings (SSSR count). The molecule has 0 fully saturated rings. The van der Waals surface area contributed by atoms with Gasteiger partial charge in [0.15, 0.2) is 5.16 Å². The predicted molar refractivity (Wildman–Crippen MR) is 115 cm³/mol. The normalized spacial score (nSPS) is 12.1. The highest BCUT2D eigenvalue weighted by molar-refractivity contribution is 7.99. The molecule has 0 saturated heterocycles. The average Bonchev–Trinajstić information content (AvgIpc) is 2.70. The molecule has 0 aliphatic heterocycles. The Hall–Kier alpha value is -2.31. The number of nitrogens with zero attached hydrogens (tertiary/aromatic N) is 2. The van der Waals surface area contributed by atoms with Crippen LogP contribution >= 0.6 is 23.4 Å². The third-order valence-electron chi connectivity index (χ3n) is 4.52. The minimum absolute atomic E-state index is 0.00151. The van der Waals surface area contributed by atoms with Crippen LogP contribution in [-0.2, 0) is 11.3 Å². The van der Waals surface area contributed by atoms with Gasteiger partial charge in [-0.25, -0.2) is 4.98 Å². The average molecular weight is 416 g/mol. The first-order valence-corrected chi connectivity index (χ1v) is 10.5. The molecular weight excluding hydrogens is 394 g/mol. The van der Waals surface area contributed by atoms with Crippen LogP contribution in [0.2, 0.25) is 5.02 Å². The molecule has 3 aromatic rings. The number of carbonyl (C=O) groups is 1. The van der Waals surface area contributed by atoms with Crippen molar-refractivity contribution < 1.29 is 4.79 Å². The van der Waals surface area contributed by atoms with Crippen LogP contribution in [-0.4, -0.2) is 21.2 Å². The Balaban J connectivity index is 1.75. The van der Waals surface area contributed by atoms with E-state index < -0.39 is 0 Å². The van der Waals surface area contributed by atoms with Crippen molar-refractivity contribution in [2.75, 3.05) is 5.75 Å². The van der Waals surface area contributed by atoms with Crippen LogP contribution in [0.1, 0.15) is 31.9 Å². The van der Waals surface area contributed by atoms with Crippen LogP contribution in [0.15, 0.2) is 58.5 Å². The summed E-state index contributed by atoms with van der Waals surface area (Å²) < 4.78 is 1.69. The summed E-state index contributed by atoms with van der Waals surface area (Å²) in [6.45, 7) is 4.42. The molecular formula is C21H22ClN3O2S.